The van der Waals surface area contributed by atoms with E-state index in [0.29, 0.717) is 11.5 Å². The number of nitrogens with one attached hydrogen (secondary N) is 2. The minimum Gasteiger partial charge on any atom is -0.477 e. The topological polar surface area (TPSA) is 173 Å². The lowest BCUT2D eigenvalue weighted by Crippen LogP contribution is -2.70. The third kappa shape index (κ3) is 3.59. The van der Waals surface area contributed by atoms with Crippen LogP contribution in [-0.2, 0) is 28.8 Å². The Kier molecular flexibility index (Phi) is 5.61. The fourth-order valence-electron chi connectivity index (χ4n) is 3.54. The van der Waals surface area contributed by atoms with Gasteiger partial charge in [-0.05, 0) is 12.2 Å². The first-order chi connectivity index (χ1) is 15.2. The summed E-state index contributed by atoms with van der Waals surface area (Å²) in [5, 5.41) is 21.8. The Hall–Kier alpha value is -3.44. The Labute approximate surface area is 188 Å². The lowest BCUT2D eigenvalue weighted by molar-refractivity contribution is -0.150. The summed E-state index contributed by atoms with van der Waals surface area (Å²) >= 11 is 2.55. The maximum atomic E-state index is 12.2. The third-order valence-electron chi connectivity index (χ3n) is 4.99. The van der Waals surface area contributed by atoms with Gasteiger partial charge >= 0.3 is 11.9 Å². The molecule has 12 nitrogen and oxygen atoms in total. The Bertz CT molecular complexity index is 1010. The van der Waals surface area contributed by atoms with E-state index in [1.807, 2.05) is 11.8 Å². The molecule has 0 radical (unpaired) electrons. The predicted octanol–water partition coefficient (Wildman–Crippen LogP) is -2.27. The highest BCUT2D eigenvalue weighted by Gasteiger charge is 2.53. The smallest absolute Gasteiger partial charge is 0.352 e. The van der Waals surface area contributed by atoms with Crippen molar-refractivity contribution < 1.29 is 39.0 Å². The number of amides is 4. The van der Waals surface area contributed by atoms with Gasteiger partial charge in [-0.2, -0.15) is 0 Å². The molecule has 0 saturated carbocycles. The summed E-state index contributed by atoms with van der Waals surface area (Å²) in [7, 11) is 0. The van der Waals surface area contributed by atoms with Gasteiger partial charge in [0.05, 0.1) is 0 Å². The maximum Gasteiger partial charge on any atom is 0.352 e. The van der Waals surface area contributed by atoms with Crippen molar-refractivity contribution in [3.63, 3.8) is 0 Å². The zero-order valence-corrected chi connectivity index (χ0v) is 17.6. The number of thioether (sulfide) groups is 2. The summed E-state index contributed by atoms with van der Waals surface area (Å²) in [5.74, 6) is -0.674. The first-order valence-electron chi connectivity index (χ1n) is 9.10. The van der Waals surface area contributed by atoms with Crippen LogP contribution >= 0.6 is 23.5 Å². The molecule has 4 N–H and O–H groups in total. The van der Waals surface area contributed by atoms with Crippen molar-refractivity contribution in [2.45, 2.75) is 22.8 Å². The van der Waals surface area contributed by atoms with Gasteiger partial charge < -0.3 is 20.8 Å². The van der Waals surface area contributed by atoms with E-state index >= 15 is 0 Å². The average molecular weight is 478 g/mol. The van der Waals surface area contributed by atoms with E-state index in [-0.39, 0.29) is 11.4 Å². The number of hydrogen-bond donors (Lipinski definition) is 4. The zero-order valence-electron chi connectivity index (χ0n) is 15.9. The largest absolute Gasteiger partial charge is 0.477 e. The summed E-state index contributed by atoms with van der Waals surface area (Å²) in [6, 6.07) is -1.93. The second-order valence-electron chi connectivity index (χ2n) is 6.81. The average Bonchev–Trinajstić information content (AvgIpc) is 2.77. The van der Waals surface area contributed by atoms with Crippen molar-refractivity contribution in [3.8, 4) is 11.8 Å². The second kappa shape index (κ2) is 8.24. The molecule has 4 amide bonds. The SMILES string of the molecule is O=C(C#CC(=O)N[C@@H]1C(=O)N2C(C(=O)O)=CCS[C@H]12)N[C@@H]1C(=O)N2C(C(=O)O)=CCS[C@H]12. The van der Waals surface area contributed by atoms with Crippen molar-refractivity contribution in [1.29, 1.82) is 0 Å². The number of carboxylic acid groups (broad SMARTS) is 2. The van der Waals surface area contributed by atoms with Crippen LogP contribution in [0, 0.1) is 11.8 Å². The number of rotatable bonds is 4. The van der Waals surface area contributed by atoms with Crippen LogP contribution in [0.25, 0.3) is 0 Å². The standard InChI is InChI=1S/C18H14N4O8S2/c23-9(19-11-13(25)21-7(17(27)28)3-5-31-15(11)21)1-2-10(24)20-12-14(26)22-8(18(29)30)4-6-32-16(12)22/h3-4,11-12,15-16H,5-6H2,(H,19,23)(H,20,24)(H,27,28)(H,29,30)/t11-,12-,15-,16-/m1/s1. The number of nitrogens with zero attached hydrogens (tertiary/aromatic N) is 2. The Morgan fingerprint density at radius 3 is 1.53 bits per heavy atom. The van der Waals surface area contributed by atoms with E-state index < -0.39 is 58.4 Å². The van der Waals surface area contributed by atoms with E-state index in [4.69, 9.17) is 10.2 Å². The third-order valence-corrected chi connectivity index (χ3v) is 7.36. The van der Waals surface area contributed by atoms with Crippen LogP contribution < -0.4 is 10.6 Å². The number of β-lactam (4-membered cyclic amide) rings is 2. The first-order valence-corrected chi connectivity index (χ1v) is 11.2. The molecule has 0 unspecified atom stereocenters. The molecule has 0 aromatic carbocycles. The van der Waals surface area contributed by atoms with Crippen molar-refractivity contribution in [3.05, 3.63) is 23.5 Å². The summed E-state index contributed by atoms with van der Waals surface area (Å²) in [6.07, 6.45) is 2.82. The molecule has 4 heterocycles. The van der Waals surface area contributed by atoms with Gasteiger partial charge in [0.2, 0.25) is 0 Å². The van der Waals surface area contributed by atoms with Crippen LogP contribution in [0.1, 0.15) is 0 Å². The number of carbonyl (C=O) groups is 6. The van der Waals surface area contributed by atoms with E-state index in [2.05, 4.69) is 10.6 Å². The highest BCUT2D eigenvalue weighted by molar-refractivity contribution is 8.00. The Morgan fingerprint density at radius 2 is 1.19 bits per heavy atom. The normalized spacial score (nSPS) is 27.8. The fourth-order valence-corrected chi connectivity index (χ4v) is 5.93. The van der Waals surface area contributed by atoms with Gasteiger partial charge in [-0.1, -0.05) is 0 Å². The van der Waals surface area contributed by atoms with Gasteiger partial charge in [0.1, 0.15) is 34.2 Å². The van der Waals surface area contributed by atoms with E-state index in [0.717, 1.165) is 9.80 Å². The van der Waals surface area contributed by atoms with Gasteiger partial charge in [0.25, 0.3) is 23.6 Å². The monoisotopic (exact) mass is 478 g/mol. The Morgan fingerprint density at radius 1 is 0.812 bits per heavy atom. The van der Waals surface area contributed by atoms with Crippen LogP contribution in [0.15, 0.2) is 23.5 Å². The van der Waals surface area contributed by atoms with E-state index in [9.17, 15) is 28.8 Å². The van der Waals surface area contributed by atoms with Crippen LogP contribution in [-0.4, -0.2) is 89.9 Å². The number of carboxylic acids is 2. The molecule has 0 bridgehead atoms. The molecule has 0 aromatic heterocycles. The lowest BCUT2D eigenvalue weighted by atomic mass is 10.0. The van der Waals surface area contributed by atoms with Crippen molar-refractivity contribution in [2.75, 3.05) is 11.5 Å². The van der Waals surface area contributed by atoms with Gasteiger partial charge in [-0.3, -0.25) is 29.0 Å². The summed E-state index contributed by atoms with van der Waals surface area (Å²) in [4.78, 5) is 73.0. The van der Waals surface area contributed by atoms with E-state index in [1.54, 1.807) is 0 Å². The zero-order chi connectivity index (χ0) is 23.2. The number of carbonyl (C=O) groups excluding carboxylic acids is 4. The quantitative estimate of drug-likeness (QED) is 0.255. The maximum absolute atomic E-state index is 12.2. The summed E-state index contributed by atoms with van der Waals surface area (Å²) in [6.45, 7) is 0. The highest BCUT2D eigenvalue weighted by atomic mass is 32.2. The van der Waals surface area contributed by atoms with Gasteiger partial charge in [-0.15, -0.1) is 23.5 Å². The molecule has 32 heavy (non-hydrogen) atoms. The van der Waals surface area contributed by atoms with Crippen molar-refractivity contribution in [1.82, 2.24) is 20.4 Å². The van der Waals surface area contributed by atoms with Crippen molar-refractivity contribution >= 4 is 59.1 Å². The van der Waals surface area contributed by atoms with Crippen LogP contribution in [0.2, 0.25) is 0 Å². The molecule has 14 heteroatoms. The van der Waals surface area contributed by atoms with Crippen LogP contribution in [0.4, 0.5) is 0 Å². The molecular formula is C18H14N4O8S2. The minimum absolute atomic E-state index is 0.143. The highest BCUT2D eigenvalue weighted by Crippen LogP contribution is 2.38. The van der Waals surface area contributed by atoms with Crippen LogP contribution in [0.3, 0.4) is 0 Å². The molecule has 166 valence electrons. The molecule has 0 aromatic rings. The fraction of sp³-hybridized carbons (Fsp3) is 0.333. The second-order valence-corrected chi connectivity index (χ2v) is 9.10. The summed E-state index contributed by atoms with van der Waals surface area (Å²) in [5.41, 5.74) is -0.286. The van der Waals surface area contributed by atoms with Gasteiger partial charge in [-0.25, -0.2) is 9.59 Å². The van der Waals surface area contributed by atoms with Gasteiger partial charge in [0.15, 0.2) is 0 Å². The molecule has 4 rings (SSSR count). The predicted molar refractivity (Wildman–Crippen MR) is 109 cm³/mol. The Balaban J connectivity index is 1.31. The molecule has 4 aliphatic heterocycles. The molecule has 0 aliphatic carbocycles. The molecule has 4 atom stereocenters. The molecule has 2 fully saturated rings. The molecule has 4 aliphatic rings. The molecular weight excluding hydrogens is 464 g/mol. The first kappa shape index (κ1) is 21.8. The minimum atomic E-state index is -1.24. The lowest BCUT2D eigenvalue weighted by Gasteiger charge is -2.48. The molecule has 0 spiro atoms. The van der Waals surface area contributed by atoms with Crippen LogP contribution in [0.5, 0.6) is 0 Å². The summed E-state index contributed by atoms with van der Waals surface area (Å²) < 4.78 is 0. The van der Waals surface area contributed by atoms with E-state index in [1.165, 1.54) is 35.7 Å². The number of hydrogen-bond acceptors (Lipinski definition) is 8. The van der Waals surface area contributed by atoms with Crippen molar-refractivity contribution in [2.24, 2.45) is 0 Å². The number of fused-ring (bicyclic) bond motifs is 2. The number of aliphatic carboxylic acids is 2. The molecule has 2 saturated heterocycles. The van der Waals surface area contributed by atoms with Gasteiger partial charge in [0, 0.05) is 23.3 Å².